The van der Waals surface area contributed by atoms with Crippen LogP contribution in [0.25, 0.3) is 0 Å². The van der Waals surface area contributed by atoms with Crippen molar-refractivity contribution < 1.29 is 18.7 Å². The van der Waals surface area contributed by atoms with E-state index in [2.05, 4.69) is 5.32 Å². The average molecular weight is 342 g/mol. The summed E-state index contributed by atoms with van der Waals surface area (Å²) in [6, 6.07) is 12.6. The van der Waals surface area contributed by atoms with Gasteiger partial charge in [-0.2, -0.15) is 0 Å². The van der Waals surface area contributed by atoms with Gasteiger partial charge in [-0.1, -0.05) is 37.3 Å². The Morgan fingerprint density at radius 1 is 1.12 bits per heavy atom. The predicted molar refractivity (Wildman–Crippen MR) is 90.4 cm³/mol. The summed E-state index contributed by atoms with van der Waals surface area (Å²) in [6.07, 6.45) is 0.387. The highest BCUT2D eigenvalue weighted by molar-refractivity contribution is 6.07. The molecule has 0 bridgehead atoms. The van der Waals surface area contributed by atoms with E-state index >= 15 is 0 Å². The maximum Gasteiger partial charge on any atom is 0.325 e. The number of halogens is 1. The number of hydrogen-bond acceptors (Lipinski definition) is 3. The highest BCUT2D eigenvalue weighted by atomic mass is 19.1. The lowest BCUT2D eigenvalue weighted by Crippen LogP contribution is -2.43. The summed E-state index contributed by atoms with van der Waals surface area (Å²) in [6.45, 7) is 1.73. The van der Waals surface area contributed by atoms with Gasteiger partial charge < -0.3 is 10.1 Å². The molecule has 2 aromatic rings. The first-order valence-corrected chi connectivity index (χ1v) is 8.04. The second-order valence-electron chi connectivity index (χ2n) is 5.90. The minimum atomic E-state index is -1.14. The topological polar surface area (TPSA) is 58.6 Å². The smallest absolute Gasteiger partial charge is 0.325 e. The fraction of sp³-hybridized carbons (Fsp3) is 0.263. The predicted octanol–water partition coefficient (Wildman–Crippen LogP) is 3.19. The van der Waals surface area contributed by atoms with Crippen molar-refractivity contribution in [1.29, 1.82) is 0 Å². The van der Waals surface area contributed by atoms with E-state index in [1.807, 2.05) is 6.92 Å². The number of nitrogens with zero attached hydrogens (tertiary/aromatic N) is 1. The molecule has 2 aromatic carbocycles. The molecule has 1 N–H and O–H groups in total. The summed E-state index contributed by atoms with van der Waals surface area (Å²) < 4.78 is 19.0. The Labute approximate surface area is 145 Å². The van der Waals surface area contributed by atoms with E-state index < -0.39 is 17.4 Å². The maximum absolute atomic E-state index is 13.9. The van der Waals surface area contributed by atoms with Gasteiger partial charge in [0.25, 0.3) is 5.91 Å². The SMILES string of the molecule is CC[C@@]1(c2ccc(OC)cc2)NC(=O)N(Cc2ccccc2F)C1=O. The third kappa shape index (κ3) is 2.84. The van der Waals surface area contributed by atoms with Crippen LogP contribution in [0.2, 0.25) is 0 Å². The molecule has 1 aliphatic heterocycles. The Hall–Kier alpha value is -2.89. The number of nitrogens with one attached hydrogen (secondary N) is 1. The largest absolute Gasteiger partial charge is 0.497 e. The molecule has 0 unspecified atom stereocenters. The quantitative estimate of drug-likeness (QED) is 0.849. The molecule has 1 aliphatic rings. The molecular weight excluding hydrogens is 323 g/mol. The third-order valence-electron chi connectivity index (χ3n) is 4.58. The first-order valence-electron chi connectivity index (χ1n) is 8.04. The molecule has 0 radical (unpaired) electrons. The Balaban J connectivity index is 1.93. The van der Waals surface area contributed by atoms with Crippen LogP contribution in [-0.4, -0.2) is 23.9 Å². The van der Waals surface area contributed by atoms with Crippen molar-refractivity contribution in [3.8, 4) is 5.75 Å². The van der Waals surface area contributed by atoms with Crippen molar-refractivity contribution in [3.05, 3.63) is 65.5 Å². The number of carbonyl (C=O) groups excluding carboxylic acids is 2. The van der Waals surface area contributed by atoms with Gasteiger partial charge >= 0.3 is 6.03 Å². The summed E-state index contributed by atoms with van der Waals surface area (Å²) in [5.74, 6) is -0.162. The highest BCUT2D eigenvalue weighted by Crippen LogP contribution is 2.34. The number of methoxy groups -OCH3 is 1. The van der Waals surface area contributed by atoms with Crippen LogP contribution in [0.15, 0.2) is 48.5 Å². The summed E-state index contributed by atoms with van der Waals surface area (Å²) >= 11 is 0. The number of benzene rings is 2. The summed E-state index contributed by atoms with van der Waals surface area (Å²) in [7, 11) is 1.56. The molecule has 6 heteroatoms. The molecular formula is C19H19FN2O3. The Kier molecular flexibility index (Phi) is 4.44. The second kappa shape index (κ2) is 6.55. The Morgan fingerprint density at radius 3 is 2.40 bits per heavy atom. The number of rotatable bonds is 5. The molecule has 1 fully saturated rings. The summed E-state index contributed by atoms with van der Waals surface area (Å²) in [5.41, 5.74) is -0.174. The lowest BCUT2D eigenvalue weighted by molar-refractivity contribution is -0.132. The number of ether oxygens (including phenoxy) is 1. The zero-order valence-electron chi connectivity index (χ0n) is 14.1. The lowest BCUT2D eigenvalue weighted by atomic mass is 9.87. The first-order chi connectivity index (χ1) is 12.0. The van der Waals surface area contributed by atoms with Crippen LogP contribution in [0.5, 0.6) is 5.75 Å². The van der Waals surface area contributed by atoms with Gasteiger partial charge in [-0.15, -0.1) is 0 Å². The molecule has 0 saturated carbocycles. The normalized spacial score (nSPS) is 19.9. The zero-order chi connectivity index (χ0) is 18.0. The van der Waals surface area contributed by atoms with E-state index in [0.29, 0.717) is 23.3 Å². The number of amides is 3. The highest BCUT2D eigenvalue weighted by Gasteiger charge is 2.51. The van der Waals surface area contributed by atoms with E-state index in [9.17, 15) is 14.0 Å². The van der Waals surface area contributed by atoms with Crippen molar-refractivity contribution in [2.24, 2.45) is 0 Å². The number of imide groups is 1. The molecule has 5 nitrogen and oxygen atoms in total. The van der Waals surface area contributed by atoms with Gasteiger partial charge in [0.15, 0.2) is 0 Å². The Morgan fingerprint density at radius 2 is 1.80 bits per heavy atom. The molecule has 1 atom stereocenters. The molecule has 0 spiro atoms. The van der Waals surface area contributed by atoms with Crippen molar-refractivity contribution in [2.45, 2.75) is 25.4 Å². The summed E-state index contributed by atoms with van der Waals surface area (Å²) in [5, 5.41) is 2.78. The molecule has 3 amide bonds. The summed E-state index contributed by atoms with van der Waals surface area (Å²) in [4.78, 5) is 26.5. The molecule has 1 saturated heterocycles. The van der Waals surface area contributed by atoms with Crippen LogP contribution in [0, 0.1) is 5.82 Å². The van der Waals surface area contributed by atoms with Crippen LogP contribution in [0.4, 0.5) is 9.18 Å². The Bertz CT molecular complexity index is 807. The number of carbonyl (C=O) groups is 2. The molecule has 1 heterocycles. The van der Waals surface area contributed by atoms with E-state index in [1.54, 1.807) is 49.6 Å². The monoisotopic (exact) mass is 342 g/mol. The van der Waals surface area contributed by atoms with Crippen molar-refractivity contribution >= 4 is 11.9 Å². The van der Waals surface area contributed by atoms with Crippen LogP contribution < -0.4 is 10.1 Å². The van der Waals surface area contributed by atoms with Gasteiger partial charge in [-0.25, -0.2) is 9.18 Å². The van der Waals surface area contributed by atoms with Gasteiger partial charge in [-0.3, -0.25) is 9.69 Å². The minimum Gasteiger partial charge on any atom is -0.497 e. The standard InChI is InChI=1S/C19H19FN2O3/c1-3-19(14-8-10-15(25-2)11-9-14)17(23)22(18(24)21-19)12-13-6-4-5-7-16(13)20/h4-11H,3,12H2,1-2H3,(H,21,24)/t19-/m0/s1. The van der Waals surface area contributed by atoms with Crippen molar-refractivity contribution in [3.63, 3.8) is 0 Å². The van der Waals surface area contributed by atoms with Gasteiger partial charge in [-0.05, 0) is 30.2 Å². The van der Waals surface area contributed by atoms with E-state index in [1.165, 1.54) is 6.07 Å². The van der Waals surface area contributed by atoms with Gasteiger partial charge in [0.1, 0.15) is 17.1 Å². The molecule has 3 rings (SSSR count). The van der Waals surface area contributed by atoms with Gasteiger partial charge in [0.2, 0.25) is 0 Å². The van der Waals surface area contributed by atoms with Gasteiger partial charge in [0.05, 0.1) is 13.7 Å². The minimum absolute atomic E-state index is 0.102. The van der Waals surface area contributed by atoms with E-state index in [-0.39, 0.29) is 12.5 Å². The average Bonchev–Trinajstić information content (AvgIpc) is 2.88. The number of hydrogen-bond donors (Lipinski definition) is 1. The molecule has 0 aliphatic carbocycles. The van der Waals surface area contributed by atoms with Crippen molar-refractivity contribution in [2.75, 3.05) is 7.11 Å². The third-order valence-corrected chi connectivity index (χ3v) is 4.58. The van der Waals surface area contributed by atoms with Crippen LogP contribution >= 0.6 is 0 Å². The molecule has 0 aromatic heterocycles. The zero-order valence-corrected chi connectivity index (χ0v) is 14.1. The maximum atomic E-state index is 13.9. The van der Waals surface area contributed by atoms with Crippen molar-refractivity contribution in [1.82, 2.24) is 10.2 Å². The molecule has 25 heavy (non-hydrogen) atoms. The van der Waals surface area contributed by atoms with E-state index in [0.717, 1.165) is 4.90 Å². The second-order valence-corrected chi connectivity index (χ2v) is 5.90. The van der Waals surface area contributed by atoms with Crippen LogP contribution in [0.3, 0.4) is 0 Å². The first kappa shape index (κ1) is 17.0. The number of urea groups is 1. The lowest BCUT2D eigenvalue weighted by Gasteiger charge is -2.26. The fourth-order valence-electron chi connectivity index (χ4n) is 3.08. The van der Waals surface area contributed by atoms with Crippen LogP contribution in [0.1, 0.15) is 24.5 Å². The van der Waals surface area contributed by atoms with Gasteiger partial charge in [0, 0.05) is 5.56 Å². The fourth-order valence-corrected chi connectivity index (χ4v) is 3.08. The van der Waals surface area contributed by atoms with E-state index in [4.69, 9.17) is 4.74 Å². The van der Waals surface area contributed by atoms with Crippen LogP contribution in [-0.2, 0) is 16.9 Å². The molecule has 130 valence electrons.